The minimum absolute atomic E-state index is 0.155. The molecule has 7 nitrogen and oxygen atoms in total. The van der Waals surface area contributed by atoms with Gasteiger partial charge in [-0.05, 0) is 43.2 Å². The third-order valence-corrected chi connectivity index (χ3v) is 6.94. The Bertz CT molecular complexity index is 1110. The summed E-state index contributed by atoms with van der Waals surface area (Å²) in [6.07, 6.45) is 2.70. The molecule has 1 unspecified atom stereocenters. The number of halogens is 1. The van der Waals surface area contributed by atoms with Crippen LogP contribution in [0, 0.1) is 12.7 Å². The van der Waals surface area contributed by atoms with Gasteiger partial charge in [-0.3, -0.25) is 14.6 Å². The van der Waals surface area contributed by atoms with Crippen LogP contribution in [-0.4, -0.2) is 42.4 Å². The van der Waals surface area contributed by atoms with Gasteiger partial charge in [-0.15, -0.1) is 11.3 Å². The van der Waals surface area contributed by atoms with Crippen LogP contribution in [0.25, 0.3) is 0 Å². The van der Waals surface area contributed by atoms with Gasteiger partial charge in [0.1, 0.15) is 10.7 Å². The molecular formula is C20H22FN5O2S2. The Morgan fingerprint density at radius 3 is 2.90 bits per heavy atom. The molecule has 1 atom stereocenters. The van der Waals surface area contributed by atoms with E-state index in [2.05, 4.69) is 24.9 Å². The molecule has 1 saturated heterocycles. The van der Waals surface area contributed by atoms with E-state index in [4.69, 9.17) is 0 Å². The van der Waals surface area contributed by atoms with Crippen LogP contribution in [0.5, 0.6) is 0 Å². The van der Waals surface area contributed by atoms with Gasteiger partial charge >= 0.3 is 0 Å². The average Bonchev–Trinajstić information content (AvgIpc) is 3.37. The minimum atomic E-state index is -4.05. The molecular weight excluding hydrogens is 425 g/mol. The number of likely N-dealkylation sites (tertiary alicyclic amines) is 1. The first kappa shape index (κ1) is 20.7. The monoisotopic (exact) mass is 447 g/mol. The van der Waals surface area contributed by atoms with Crippen LogP contribution in [0.1, 0.15) is 17.7 Å². The number of benzene rings is 1. The lowest BCUT2D eigenvalue weighted by molar-refractivity contribution is 0.324. The lowest BCUT2D eigenvalue weighted by Gasteiger charge is -2.19. The van der Waals surface area contributed by atoms with Crippen LogP contribution in [0.15, 0.2) is 52.3 Å². The third kappa shape index (κ3) is 4.77. The number of hydrogen-bond donors (Lipinski definition) is 2. The Kier molecular flexibility index (Phi) is 5.98. The molecule has 4 rings (SSSR count). The summed E-state index contributed by atoms with van der Waals surface area (Å²) in [5.74, 6) is -0.618. The zero-order valence-corrected chi connectivity index (χ0v) is 18.0. The van der Waals surface area contributed by atoms with Gasteiger partial charge < -0.3 is 5.32 Å². The quantitative estimate of drug-likeness (QED) is 0.577. The zero-order chi connectivity index (χ0) is 21.1. The van der Waals surface area contributed by atoms with Crippen LogP contribution in [0.4, 0.5) is 15.9 Å². The van der Waals surface area contributed by atoms with E-state index in [9.17, 15) is 12.8 Å². The van der Waals surface area contributed by atoms with E-state index in [0.717, 1.165) is 31.7 Å². The van der Waals surface area contributed by atoms with Crippen LogP contribution >= 0.6 is 11.3 Å². The molecule has 3 aromatic rings. The summed E-state index contributed by atoms with van der Waals surface area (Å²) in [6, 6.07) is 8.63. The number of rotatable bonds is 7. The van der Waals surface area contributed by atoms with E-state index in [-0.39, 0.29) is 16.8 Å². The zero-order valence-electron chi connectivity index (χ0n) is 16.4. The molecule has 3 heterocycles. The number of nitrogens with one attached hydrogen (secondary N) is 2. The molecule has 158 valence electrons. The molecule has 0 radical (unpaired) electrons. The van der Waals surface area contributed by atoms with Crippen LogP contribution in [0.3, 0.4) is 0 Å². The summed E-state index contributed by atoms with van der Waals surface area (Å²) < 4.78 is 42.1. The van der Waals surface area contributed by atoms with Crippen molar-refractivity contribution in [1.29, 1.82) is 0 Å². The molecule has 2 N–H and O–H groups in total. The lowest BCUT2D eigenvalue weighted by atomic mass is 10.1. The molecule has 2 aromatic heterocycles. The number of aryl methyl sites for hydroxylation is 1. The number of thiazole rings is 1. The fraction of sp³-hybridized carbons (Fsp3) is 0.300. The van der Waals surface area contributed by atoms with Crippen molar-refractivity contribution >= 4 is 32.9 Å². The van der Waals surface area contributed by atoms with Crippen molar-refractivity contribution in [1.82, 2.24) is 14.9 Å². The average molecular weight is 448 g/mol. The SMILES string of the molecule is Cc1cc(S(=O)(=O)Nc2cscn2)c(F)cc1NC1CCN(Cc2ccccn2)C1. The predicted molar refractivity (Wildman–Crippen MR) is 116 cm³/mol. The molecule has 1 fully saturated rings. The van der Waals surface area contributed by atoms with Gasteiger partial charge in [0.05, 0.1) is 11.2 Å². The smallest absolute Gasteiger partial charge is 0.266 e. The Morgan fingerprint density at radius 1 is 1.30 bits per heavy atom. The van der Waals surface area contributed by atoms with E-state index in [1.807, 2.05) is 18.2 Å². The van der Waals surface area contributed by atoms with Crippen LogP contribution in [0.2, 0.25) is 0 Å². The lowest BCUT2D eigenvalue weighted by Crippen LogP contribution is -2.26. The number of aromatic nitrogens is 2. The normalized spacial score (nSPS) is 17.2. The van der Waals surface area contributed by atoms with Gasteiger partial charge in [0.15, 0.2) is 5.82 Å². The molecule has 1 aromatic carbocycles. The maximum atomic E-state index is 14.7. The molecule has 0 bridgehead atoms. The molecule has 1 aliphatic heterocycles. The van der Waals surface area contributed by atoms with E-state index < -0.39 is 15.8 Å². The van der Waals surface area contributed by atoms with Gasteiger partial charge in [0, 0.05) is 42.9 Å². The van der Waals surface area contributed by atoms with E-state index >= 15 is 0 Å². The van der Waals surface area contributed by atoms with Gasteiger partial charge in [0.25, 0.3) is 10.0 Å². The Morgan fingerprint density at radius 2 is 2.17 bits per heavy atom. The topological polar surface area (TPSA) is 87.2 Å². The van der Waals surface area contributed by atoms with Gasteiger partial charge in [-0.2, -0.15) is 0 Å². The van der Waals surface area contributed by atoms with E-state index in [1.54, 1.807) is 18.5 Å². The largest absolute Gasteiger partial charge is 0.381 e. The highest BCUT2D eigenvalue weighted by molar-refractivity contribution is 7.92. The van der Waals surface area contributed by atoms with Crippen molar-refractivity contribution in [2.75, 3.05) is 23.1 Å². The molecule has 1 aliphatic rings. The number of pyridine rings is 1. The van der Waals surface area contributed by atoms with Gasteiger partial charge in [-0.25, -0.2) is 17.8 Å². The third-order valence-electron chi connectivity index (χ3n) is 4.98. The second-order valence-corrected chi connectivity index (χ2v) is 9.63. The van der Waals surface area contributed by atoms with E-state index in [1.165, 1.54) is 29.0 Å². The van der Waals surface area contributed by atoms with Crippen molar-refractivity contribution in [3.63, 3.8) is 0 Å². The molecule has 30 heavy (non-hydrogen) atoms. The highest BCUT2D eigenvalue weighted by Crippen LogP contribution is 2.27. The fourth-order valence-electron chi connectivity index (χ4n) is 3.51. The highest BCUT2D eigenvalue weighted by atomic mass is 32.2. The molecule has 0 amide bonds. The van der Waals surface area contributed by atoms with Crippen LogP contribution < -0.4 is 10.0 Å². The van der Waals surface area contributed by atoms with Crippen molar-refractivity contribution < 1.29 is 12.8 Å². The summed E-state index contributed by atoms with van der Waals surface area (Å²) >= 11 is 1.25. The Labute approximate surface area is 179 Å². The maximum Gasteiger partial charge on any atom is 0.266 e. The molecule has 0 spiro atoms. The standard InChI is InChI=1S/C20H22FN5O2S2/c1-14-8-19(30(27,28)25-20-12-29-13-23-20)17(21)9-18(14)24-16-5-7-26(11-16)10-15-4-2-3-6-22-15/h2-4,6,8-9,12-13,16,24-25H,5,7,10-11H2,1H3. The predicted octanol–water partition coefficient (Wildman–Crippen LogP) is 3.47. The second kappa shape index (κ2) is 8.66. The summed E-state index contributed by atoms with van der Waals surface area (Å²) in [4.78, 5) is 10.2. The molecule has 0 aliphatic carbocycles. The fourth-order valence-corrected chi connectivity index (χ4v) is 5.21. The Balaban J connectivity index is 1.44. The minimum Gasteiger partial charge on any atom is -0.381 e. The number of nitrogens with zero attached hydrogens (tertiary/aromatic N) is 3. The van der Waals surface area contributed by atoms with Crippen molar-refractivity contribution in [2.24, 2.45) is 0 Å². The maximum absolute atomic E-state index is 14.7. The first-order valence-electron chi connectivity index (χ1n) is 9.51. The number of hydrogen-bond acceptors (Lipinski definition) is 7. The van der Waals surface area contributed by atoms with Crippen molar-refractivity contribution in [2.45, 2.75) is 30.8 Å². The van der Waals surface area contributed by atoms with Crippen LogP contribution in [-0.2, 0) is 16.6 Å². The van der Waals surface area contributed by atoms with Gasteiger partial charge in [0.2, 0.25) is 0 Å². The van der Waals surface area contributed by atoms with E-state index in [0.29, 0.717) is 11.3 Å². The summed E-state index contributed by atoms with van der Waals surface area (Å²) in [5, 5.41) is 4.91. The molecule has 0 saturated carbocycles. The highest BCUT2D eigenvalue weighted by Gasteiger charge is 2.25. The molecule has 10 heteroatoms. The van der Waals surface area contributed by atoms with Crippen molar-refractivity contribution in [3.8, 4) is 0 Å². The van der Waals surface area contributed by atoms with Gasteiger partial charge in [-0.1, -0.05) is 6.07 Å². The van der Waals surface area contributed by atoms with Crippen molar-refractivity contribution in [3.05, 3.63) is 64.5 Å². The number of sulfonamides is 1. The number of anilines is 2. The first-order chi connectivity index (χ1) is 14.4. The summed E-state index contributed by atoms with van der Waals surface area (Å²) in [6.45, 7) is 4.26. The Hall–Kier alpha value is -2.56. The summed E-state index contributed by atoms with van der Waals surface area (Å²) in [7, 11) is -4.05. The first-order valence-corrected chi connectivity index (χ1v) is 11.9. The second-order valence-electron chi connectivity index (χ2n) is 7.26. The summed E-state index contributed by atoms with van der Waals surface area (Å²) in [5.41, 5.74) is 3.79.